The lowest BCUT2D eigenvalue weighted by atomic mass is 10.0. The SMILES string of the molecule is CCNC(Cc1cc(Br)ccc1F)c1cc(Br)cs1. The Labute approximate surface area is 133 Å². The highest BCUT2D eigenvalue weighted by Gasteiger charge is 2.15. The van der Waals surface area contributed by atoms with Crippen LogP contribution in [0.4, 0.5) is 4.39 Å². The zero-order valence-corrected chi connectivity index (χ0v) is 14.4. The monoisotopic (exact) mass is 405 g/mol. The molecule has 0 radical (unpaired) electrons. The maximum atomic E-state index is 13.8. The fraction of sp³-hybridized carbons (Fsp3) is 0.286. The summed E-state index contributed by atoms with van der Waals surface area (Å²) >= 11 is 8.54. The largest absolute Gasteiger partial charge is 0.309 e. The standard InChI is InChI=1S/C14H14Br2FNS/c1-2-18-13(14-7-11(16)8-19-14)6-9-5-10(15)3-4-12(9)17/h3-5,7-8,13,18H,2,6H2,1H3. The summed E-state index contributed by atoms with van der Waals surface area (Å²) in [6, 6.07) is 7.32. The van der Waals surface area contributed by atoms with E-state index in [1.165, 1.54) is 10.9 Å². The van der Waals surface area contributed by atoms with Crippen molar-refractivity contribution >= 4 is 43.2 Å². The highest BCUT2D eigenvalue weighted by molar-refractivity contribution is 9.10. The van der Waals surface area contributed by atoms with Crippen molar-refractivity contribution in [1.29, 1.82) is 0 Å². The Morgan fingerprint density at radius 2 is 2.05 bits per heavy atom. The lowest BCUT2D eigenvalue weighted by Crippen LogP contribution is -2.22. The summed E-state index contributed by atoms with van der Waals surface area (Å²) in [5.41, 5.74) is 0.727. The number of likely N-dealkylation sites (N-methyl/N-ethyl adjacent to an activating group) is 1. The van der Waals surface area contributed by atoms with Gasteiger partial charge in [0.2, 0.25) is 0 Å². The van der Waals surface area contributed by atoms with Gasteiger partial charge in [-0.3, -0.25) is 0 Å². The first-order chi connectivity index (χ1) is 9.10. The predicted molar refractivity (Wildman–Crippen MR) is 86.2 cm³/mol. The van der Waals surface area contributed by atoms with E-state index in [2.05, 4.69) is 55.5 Å². The first kappa shape index (κ1) is 15.2. The van der Waals surface area contributed by atoms with Crippen molar-refractivity contribution in [3.8, 4) is 0 Å². The molecule has 0 saturated heterocycles. The van der Waals surface area contributed by atoms with Gasteiger partial charge < -0.3 is 5.32 Å². The summed E-state index contributed by atoms with van der Waals surface area (Å²) in [5.74, 6) is -0.151. The van der Waals surface area contributed by atoms with Crippen LogP contribution in [0.1, 0.15) is 23.4 Å². The molecular weight excluding hydrogens is 393 g/mol. The molecule has 0 aliphatic carbocycles. The zero-order chi connectivity index (χ0) is 13.8. The Hall–Kier alpha value is -0.230. The van der Waals surface area contributed by atoms with Gasteiger partial charge in [0.25, 0.3) is 0 Å². The van der Waals surface area contributed by atoms with Crippen LogP contribution in [-0.4, -0.2) is 6.54 Å². The van der Waals surface area contributed by atoms with Gasteiger partial charge in [-0.05, 0) is 58.7 Å². The number of hydrogen-bond donors (Lipinski definition) is 1. The van der Waals surface area contributed by atoms with Crippen LogP contribution in [0.3, 0.4) is 0 Å². The van der Waals surface area contributed by atoms with Crippen molar-refractivity contribution < 1.29 is 4.39 Å². The van der Waals surface area contributed by atoms with Gasteiger partial charge in [0.1, 0.15) is 5.82 Å². The number of halogens is 3. The maximum Gasteiger partial charge on any atom is 0.126 e. The molecule has 2 rings (SSSR count). The molecular formula is C14H14Br2FNS. The van der Waals surface area contributed by atoms with Gasteiger partial charge in [-0.15, -0.1) is 11.3 Å². The molecule has 1 N–H and O–H groups in total. The molecule has 0 aliphatic rings. The number of rotatable bonds is 5. The molecule has 0 bridgehead atoms. The summed E-state index contributed by atoms with van der Waals surface area (Å²) in [5, 5.41) is 5.47. The summed E-state index contributed by atoms with van der Waals surface area (Å²) < 4.78 is 15.8. The Balaban J connectivity index is 2.23. The highest BCUT2D eigenvalue weighted by atomic mass is 79.9. The highest BCUT2D eigenvalue weighted by Crippen LogP contribution is 2.29. The third-order valence-electron chi connectivity index (χ3n) is 2.81. The van der Waals surface area contributed by atoms with Gasteiger partial charge in [-0.1, -0.05) is 22.9 Å². The zero-order valence-electron chi connectivity index (χ0n) is 10.4. The Morgan fingerprint density at radius 3 is 2.68 bits per heavy atom. The molecule has 0 spiro atoms. The van der Waals surface area contributed by atoms with Crippen molar-refractivity contribution in [2.75, 3.05) is 6.54 Å². The fourth-order valence-electron chi connectivity index (χ4n) is 1.95. The average Bonchev–Trinajstić information content (AvgIpc) is 2.80. The van der Waals surface area contributed by atoms with Gasteiger partial charge in [0.05, 0.1) is 0 Å². The van der Waals surface area contributed by atoms with E-state index < -0.39 is 0 Å². The van der Waals surface area contributed by atoms with Gasteiger partial charge >= 0.3 is 0 Å². The summed E-state index contributed by atoms with van der Waals surface area (Å²) in [4.78, 5) is 1.22. The number of nitrogens with one attached hydrogen (secondary N) is 1. The minimum atomic E-state index is -0.151. The molecule has 1 unspecified atom stereocenters. The average molecular weight is 407 g/mol. The second kappa shape index (κ2) is 6.97. The minimum absolute atomic E-state index is 0.144. The first-order valence-electron chi connectivity index (χ1n) is 6.01. The van der Waals surface area contributed by atoms with Crippen molar-refractivity contribution in [2.45, 2.75) is 19.4 Å². The predicted octanol–water partition coefficient (Wildman–Crippen LogP) is 5.31. The molecule has 0 amide bonds. The van der Waals surface area contributed by atoms with Gasteiger partial charge in [0, 0.05) is 25.2 Å². The van der Waals surface area contributed by atoms with E-state index in [0.29, 0.717) is 6.42 Å². The van der Waals surface area contributed by atoms with Crippen LogP contribution < -0.4 is 5.32 Å². The molecule has 1 heterocycles. The Kier molecular flexibility index (Phi) is 5.57. The fourth-order valence-corrected chi connectivity index (χ4v) is 3.88. The topological polar surface area (TPSA) is 12.0 Å². The second-order valence-electron chi connectivity index (χ2n) is 4.22. The van der Waals surface area contributed by atoms with Gasteiger partial charge in [-0.25, -0.2) is 4.39 Å². The van der Waals surface area contributed by atoms with E-state index >= 15 is 0 Å². The normalized spacial score (nSPS) is 12.6. The third kappa shape index (κ3) is 4.12. The molecule has 0 fully saturated rings. The van der Waals surface area contributed by atoms with E-state index in [4.69, 9.17) is 0 Å². The molecule has 5 heteroatoms. The Morgan fingerprint density at radius 1 is 1.26 bits per heavy atom. The van der Waals surface area contributed by atoms with Crippen LogP contribution in [-0.2, 0) is 6.42 Å². The van der Waals surface area contributed by atoms with E-state index in [-0.39, 0.29) is 11.9 Å². The molecule has 1 aromatic heterocycles. The molecule has 19 heavy (non-hydrogen) atoms. The van der Waals surface area contributed by atoms with E-state index in [9.17, 15) is 4.39 Å². The molecule has 2 aromatic rings. The maximum absolute atomic E-state index is 13.8. The van der Waals surface area contributed by atoms with Crippen LogP contribution >= 0.6 is 43.2 Å². The summed E-state index contributed by atoms with van der Waals surface area (Å²) in [6.45, 7) is 2.92. The number of thiophene rings is 1. The first-order valence-corrected chi connectivity index (χ1v) is 8.48. The molecule has 0 aliphatic heterocycles. The quantitative estimate of drug-likeness (QED) is 0.709. The van der Waals surface area contributed by atoms with Crippen molar-refractivity contribution in [1.82, 2.24) is 5.32 Å². The number of hydrogen-bond acceptors (Lipinski definition) is 2. The minimum Gasteiger partial charge on any atom is -0.309 e. The molecule has 102 valence electrons. The van der Waals surface area contributed by atoms with Crippen molar-refractivity contribution in [2.24, 2.45) is 0 Å². The third-order valence-corrected chi connectivity index (χ3v) is 5.11. The smallest absolute Gasteiger partial charge is 0.126 e. The van der Waals surface area contributed by atoms with Crippen LogP contribution in [0.5, 0.6) is 0 Å². The van der Waals surface area contributed by atoms with Crippen LogP contribution in [0.25, 0.3) is 0 Å². The van der Waals surface area contributed by atoms with Crippen molar-refractivity contribution in [3.63, 3.8) is 0 Å². The van der Waals surface area contributed by atoms with E-state index in [1.54, 1.807) is 17.4 Å². The summed E-state index contributed by atoms with van der Waals surface area (Å²) in [7, 11) is 0. The van der Waals surface area contributed by atoms with Crippen LogP contribution in [0, 0.1) is 5.82 Å². The van der Waals surface area contributed by atoms with Crippen molar-refractivity contribution in [3.05, 3.63) is 54.8 Å². The molecule has 0 saturated carbocycles. The Bertz CT molecular complexity index is 556. The lowest BCUT2D eigenvalue weighted by molar-refractivity contribution is 0.534. The molecule has 1 aromatic carbocycles. The lowest BCUT2D eigenvalue weighted by Gasteiger charge is -2.17. The number of benzene rings is 1. The van der Waals surface area contributed by atoms with Gasteiger partial charge in [0.15, 0.2) is 0 Å². The second-order valence-corrected chi connectivity index (χ2v) is 6.99. The van der Waals surface area contributed by atoms with Crippen LogP contribution in [0.15, 0.2) is 38.6 Å². The summed E-state index contributed by atoms with van der Waals surface area (Å²) in [6.07, 6.45) is 0.645. The molecule has 1 nitrogen and oxygen atoms in total. The van der Waals surface area contributed by atoms with E-state index in [1.807, 2.05) is 6.07 Å². The molecule has 1 atom stereocenters. The van der Waals surface area contributed by atoms with Gasteiger partial charge in [-0.2, -0.15) is 0 Å². The van der Waals surface area contributed by atoms with E-state index in [0.717, 1.165) is 21.1 Å². The van der Waals surface area contributed by atoms with Crippen LogP contribution in [0.2, 0.25) is 0 Å².